The molecular weight excluding hydrogens is 946 g/mol. The predicted octanol–water partition coefficient (Wildman–Crippen LogP) is 25.4. The molecule has 0 unspecified atom stereocenters. The van der Waals surface area contributed by atoms with E-state index >= 15 is 0 Å². The Hall–Kier alpha value is 1.63. The Morgan fingerprint density at radius 3 is 0.353 bits per heavy atom. The molecule has 4 heteroatoms. The molecule has 0 aromatic carbocycles. The Kier molecular flexibility index (Phi) is 72.5. The summed E-state index contributed by atoms with van der Waals surface area (Å²) in [6, 6.07) is 0. The number of unbranched alkanes of at least 4 members (excludes halogenated alkanes) is 40. The molecule has 0 heterocycles. The van der Waals surface area contributed by atoms with Crippen LogP contribution in [0.4, 0.5) is 0 Å². The van der Waals surface area contributed by atoms with E-state index in [0.717, 1.165) is 0 Å². The van der Waals surface area contributed by atoms with Crippen molar-refractivity contribution in [3.63, 3.8) is 0 Å². The van der Waals surface area contributed by atoms with Crippen LogP contribution in [0.3, 0.4) is 0 Å². The summed E-state index contributed by atoms with van der Waals surface area (Å²) in [4.78, 5) is 0. The minimum atomic E-state index is -1.04. The molecule has 420 valence electrons. The fourth-order valence-electron chi connectivity index (χ4n) is 11.7. The van der Waals surface area contributed by atoms with Crippen LogP contribution in [0.25, 0.3) is 0 Å². The van der Waals surface area contributed by atoms with Crippen LogP contribution in [0.15, 0.2) is 0 Å². The van der Waals surface area contributed by atoms with E-state index in [4.69, 9.17) is 0 Å². The van der Waals surface area contributed by atoms with E-state index in [1.807, 2.05) is 0 Å². The Bertz CT molecular complexity index is 721. The van der Waals surface area contributed by atoms with Gasteiger partial charge in [0.1, 0.15) is 0 Å². The van der Waals surface area contributed by atoms with Gasteiger partial charge in [0.05, 0.1) is 0 Å². The second kappa shape index (κ2) is 64.7. The first-order valence-corrected chi connectivity index (χ1v) is 38.1. The van der Waals surface area contributed by atoms with Crippen molar-refractivity contribution in [3.05, 3.63) is 0 Å². The van der Waals surface area contributed by atoms with Crippen molar-refractivity contribution in [2.45, 2.75) is 364 Å². The third-order valence-corrected chi connectivity index (χ3v) is 27.8. The van der Waals surface area contributed by atoms with Gasteiger partial charge in [-0.15, -0.1) is 29.4 Å². The quantitative estimate of drug-likeness (QED) is 0.0421. The summed E-state index contributed by atoms with van der Waals surface area (Å²) in [5.41, 5.74) is 0. The molecule has 0 fully saturated rings. The Morgan fingerprint density at radius 2 is 0.235 bits per heavy atom. The Labute approximate surface area is 454 Å². The first-order valence-electron chi connectivity index (χ1n) is 32.5. The van der Waals surface area contributed by atoms with Crippen LogP contribution in [0.1, 0.15) is 364 Å². The van der Waals surface area contributed by atoms with Gasteiger partial charge in [-0.1, -0.05) is 26.7 Å². The first-order chi connectivity index (χ1) is 32.5. The van der Waals surface area contributed by atoms with E-state index in [9.17, 15) is 0 Å². The molecule has 0 saturated heterocycles. The fourth-order valence-corrected chi connectivity index (χ4v) is 22.7. The third-order valence-electron chi connectivity index (χ3n) is 16.5. The van der Waals surface area contributed by atoms with Gasteiger partial charge in [-0.05, 0) is 0 Å². The molecule has 0 aliphatic carbocycles. The molecule has 0 rings (SSSR count). The van der Waals surface area contributed by atoms with E-state index in [-0.39, 0.29) is 29.4 Å². The molecule has 0 amide bonds. The summed E-state index contributed by atoms with van der Waals surface area (Å²) in [5, 5.41) is 0. The monoisotopic (exact) mass is 1080 g/mol. The van der Waals surface area contributed by atoms with Crippen molar-refractivity contribution >= 4 is 43.9 Å². The van der Waals surface area contributed by atoms with Crippen molar-refractivity contribution in [1.29, 1.82) is 0 Å². The first kappa shape index (κ1) is 76.1. The number of hydrogen-bond donors (Lipinski definition) is 0. The van der Waals surface area contributed by atoms with Crippen LogP contribution in [0.5, 0.6) is 0 Å². The van der Waals surface area contributed by atoms with Crippen LogP contribution in [-0.2, 0) is 0 Å². The van der Waals surface area contributed by atoms with Gasteiger partial charge in [-0.25, -0.2) is 0 Å². The Morgan fingerprint density at radius 1 is 0.147 bits per heavy atom. The number of hydrogen-bond acceptors (Lipinski definition) is 0. The van der Waals surface area contributed by atoms with Crippen molar-refractivity contribution in [3.8, 4) is 0 Å². The second-order valence-electron chi connectivity index (χ2n) is 23.1. The maximum absolute atomic E-state index is 2.37. The molecule has 0 aromatic heterocycles. The van der Waals surface area contributed by atoms with Crippen LogP contribution in [0.2, 0.25) is 0 Å². The smallest absolute Gasteiger partial charge is 0.147 e. The van der Waals surface area contributed by atoms with Gasteiger partial charge in [-0.3, -0.25) is 0 Å². The summed E-state index contributed by atoms with van der Waals surface area (Å²) in [6.45, 7) is 18.8. The van der Waals surface area contributed by atoms with Gasteiger partial charge < -0.3 is 0 Å². The van der Waals surface area contributed by atoms with Gasteiger partial charge in [0.15, 0.2) is 0 Å². The van der Waals surface area contributed by atoms with Crippen LogP contribution in [0, 0.1) is 0 Å². The van der Waals surface area contributed by atoms with Gasteiger partial charge in [0.2, 0.25) is 0 Å². The maximum Gasteiger partial charge on any atom is -0.147 e. The molecule has 0 aliphatic rings. The molecule has 0 atom stereocenters. The second-order valence-corrected chi connectivity index (χ2v) is 33.1. The predicted molar refractivity (Wildman–Crippen MR) is 340 cm³/mol. The molecule has 0 saturated carbocycles. The molecule has 0 nitrogen and oxygen atoms in total. The molecule has 0 radical (unpaired) electrons. The zero-order valence-electron chi connectivity index (χ0n) is 49.4. The zero-order chi connectivity index (χ0) is 48.6. The largest absolute Gasteiger partial charge is 0.147 e. The third kappa shape index (κ3) is 55.4. The molecule has 68 heavy (non-hydrogen) atoms. The number of rotatable bonds is 56. The van der Waals surface area contributed by atoms with Gasteiger partial charge >= 0.3 is 401 Å². The normalized spacial score (nSPS) is 12.1. The molecule has 0 spiro atoms. The van der Waals surface area contributed by atoms with E-state index in [1.165, 1.54) is 257 Å². The molecule has 0 bridgehead atoms. The Balaban J connectivity index is -0.000000585. The summed E-state index contributed by atoms with van der Waals surface area (Å²) in [7, 11) is -2.09. The van der Waals surface area contributed by atoms with Gasteiger partial charge in [-0.2, -0.15) is 0 Å². The SMILES string of the molecule is Br.CCCCCCCCCCCCCC[PH](CCCCCC)(CCCCCC)CCCCCC.CCCCCCCCCCCCCC[PH](CCCCCC)(CCCCCC)CCCCCC.Cl. The minimum Gasteiger partial charge on any atom is -0.147 e. The number of halogens is 2. The fraction of sp³-hybridized carbons (Fsp3) is 1.00. The van der Waals surface area contributed by atoms with Crippen molar-refractivity contribution in [2.75, 3.05) is 49.3 Å². The molecule has 0 aliphatic heterocycles. The summed E-state index contributed by atoms with van der Waals surface area (Å²) in [5.74, 6) is 0. The van der Waals surface area contributed by atoms with E-state index < -0.39 is 14.5 Å². The van der Waals surface area contributed by atoms with Crippen LogP contribution >= 0.6 is 43.9 Å². The maximum atomic E-state index is 2.37. The van der Waals surface area contributed by atoms with Crippen molar-refractivity contribution < 1.29 is 0 Å². The zero-order valence-corrected chi connectivity index (χ0v) is 53.9. The molecular formula is C64H140BrClP2. The topological polar surface area (TPSA) is 0 Å². The standard InChI is InChI=1S/2C32H69P.BrH.ClH/c2*1-5-9-13-17-18-19-20-21-22-23-24-28-32-33(29-25-14-10-6-2,30-26-15-11-7-3)31-27-16-12-8-4;;/h2*33H,5-32H2,1-4H3;2*1H. The summed E-state index contributed by atoms with van der Waals surface area (Å²) >= 11 is 0. The molecule has 0 N–H and O–H groups in total. The minimum absolute atomic E-state index is 0. The average molecular weight is 1090 g/mol. The van der Waals surface area contributed by atoms with Crippen LogP contribution < -0.4 is 0 Å². The van der Waals surface area contributed by atoms with E-state index in [2.05, 4.69) is 55.4 Å². The van der Waals surface area contributed by atoms with E-state index in [0.29, 0.717) is 0 Å². The van der Waals surface area contributed by atoms with Crippen molar-refractivity contribution in [2.24, 2.45) is 0 Å². The average Bonchev–Trinajstić information content (AvgIpc) is 3.33. The summed E-state index contributed by atoms with van der Waals surface area (Å²) < 4.78 is 0. The van der Waals surface area contributed by atoms with E-state index in [1.54, 1.807) is 101 Å². The summed E-state index contributed by atoms with van der Waals surface area (Å²) in [6.07, 6.45) is 84.6. The van der Waals surface area contributed by atoms with Gasteiger partial charge in [0, 0.05) is 0 Å². The molecule has 0 aromatic rings. The van der Waals surface area contributed by atoms with Crippen molar-refractivity contribution in [1.82, 2.24) is 0 Å². The van der Waals surface area contributed by atoms with Crippen LogP contribution in [-0.4, -0.2) is 49.3 Å². The van der Waals surface area contributed by atoms with Gasteiger partial charge in [0.25, 0.3) is 0 Å².